The van der Waals surface area contributed by atoms with Crippen molar-refractivity contribution in [2.45, 2.75) is 103 Å². The van der Waals surface area contributed by atoms with Gasteiger partial charge in [-0.2, -0.15) is 0 Å². The molecule has 2 atom stereocenters. The van der Waals surface area contributed by atoms with Gasteiger partial charge in [0, 0.05) is 18.9 Å². The summed E-state index contributed by atoms with van der Waals surface area (Å²) in [6.07, 6.45) is 10.3. The van der Waals surface area contributed by atoms with E-state index in [1.807, 2.05) is 6.92 Å². The van der Waals surface area contributed by atoms with E-state index in [1.54, 1.807) is 0 Å². The molecule has 3 rings (SSSR count). The zero-order valence-electron chi connectivity index (χ0n) is 18.5. The number of unbranched alkanes of at least 4 members (excludes halogenated alkanes) is 2. The molecule has 0 bridgehead atoms. The molecule has 3 heteroatoms. The highest BCUT2D eigenvalue weighted by molar-refractivity contribution is 5.25. The average Bonchev–Trinajstić information content (AvgIpc) is 2.74. The molecule has 1 aromatic carbocycles. The molecule has 0 aromatic heterocycles. The van der Waals surface area contributed by atoms with E-state index < -0.39 is 5.92 Å². The number of benzene rings is 1. The smallest absolute Gasteiger partial charge is 0.251 e. The predicted molar refractivity (Wildman–Crippen MR) is 116 cm³/mol. The molecule has 2 unspecified atom stereocenters. The first-order chi connectivity index (χ1) is 14.0. The van der Waals surface area contributed by atoms with Crippen molar-refractivity contribution < 1.29 is 13.5 Å². The molecule has 2 saturated carbocycles. The zero-order chi connectivity index (χ0) is 20.7. The maximum atomic E-state index is 14.8. The summed E-state index contributed by atoms with van der Waals surface area (Å²) in [5, 5.41) is 0. The van der Waals surface area contributed by atoms with Gasteiger partial charge in [0.2, 0.25) is 0 Å². The molecule has 0 saturated heterocycles. The molecule has 2 aliphatic rings. The van der Waals surface area contributed by atoms with E-state index in [0.29, 0.717) is 18.4 Å². The maximum absolute atomic E-state index is 14.8. The van der Waals surface area contributed by atoms with Crippen LogP contribution in [0.4, 0.5) is 8.78 Å². The molecule has 0 heterocycles. The standard InChI is InChI=1S/C26H40F2O/c1-3-5-6-7-25-17-16-24(18-26(25,27)28)23-14-12-22(13-15-23)21-10-8-20(9-11-21)19-29-4-2/h8-11,22-25H,3-7,12-19H2,1-2H3. The lowest BCUT2D eigenvalue weighted by Crippen LogP contribution is -2.38. The largest absolute Gasteiger partial charge is 0.377 e. The molecule has 0 N–H and O–H groups in total. The van der Waals surface area contributed by atoms with Crippen molar-refractivity contribution in [2.75, 3.05) is 6.61 Å². The molecule has 1 nitrogen and oxygen atoms in total. The van der Waals surface area contributed by atoms with E-state index in [9.17, 15) is 8.78 Å². The summed E-state index contributed by atoms with van der Waals surface area (Å²) in [6.45, 7) is 5.58. The fraction of sp³-hybridized carbons (Fsp3) is 0.769. The lowest BCUT2D eigenvalue weighted by atomic mass is 9.66. The van der Waals surface area contributed by atoms with E-state index in [4.69, 9.17) is 4.74 Å². The van der Waals surface area contributed by atoms with Crippen LogP contribution >= 0.6 is 0 Å². The van der Waals surface area contributed by atoms with Gasteiger partial charge in [0.05, 0.1) is 6.61 Å². The minimum atomic E-state index is -2.44. The van der Waals surface area contributed by atoms with Crippen LogP contribution in [0.5, 0.6) is 0 Å². The highest BCUT2D eigenvalue weighted by atomic mass is 19.3. The molecule has 0 spiro atoms. The minimum Gasteiger partial charge on any atom is -0.377 e. The summed E-state index contributed by atoms with van der Waals surface area (Å²) >= 11 is 0. The summed E-state index contributed by atoms with van der Waals surface area (Å²) in [4.78, 5) is 0. The number of rotatable bonds is 9. The van der Waals surface area contributed by atoms with Gasteiger partial charge < -0.3 is 4.74 Å². The van der Waals surface area contributed by atoms with Crippen LogP contribution in [0, 0.1) is 17.8 Å². The van der Waals surface area contributed by atoms with Gasteiger partial charge in [-0.05, 0) is 80.8 Å². The second-order valence-electron chi connectivity index (χ2n) is 9.49. The number of alkyl halides is 2. The summed E-state index contributed by atoms with van der Waals surface area (Å²) in [6, 6.07) is 8.85. The number of ether oxygens (including phenoxy) is 1. The third kappa shape index (κ3) is 6.26. The number of hydrogen-bond donors (Lipinski definition) is 0. The third-order valence-corrected chi connectivity index (χ3v) is 7.54. The van der Waals surface area contributed by atoms with Crippen LogP contribution in [0.3, 0.4) is 0 Å². The molecular formula is C26H40F2O. The van der Waals surface area contributed by atoms with Crippen molar-refractivity contribution >= 4 is 0 Å². The van der Waals surface area contributed by atoms with Gasteiger partial charge in [0.15, 0.2) is 0 Å². The van der Waals surface area contributed by atoms with Crippen LogP contribution in [-0.4, -0.2) is 12.5 Å². The quantitative estimate of drug-likeness (QED) is 0.376. The zero-order valence-corrected chi connectivity index (χ0v) is 18.5. The summed E-state index contributed by atoms with van der Waals surface area (Å²) in [5.41, 5.74) is 2.64. The molecule has 164 valence electrons. The van der Waals surface area contributed by atoms with Crippen molar-refractivity contribution in [1.82, 2.24) is 0 Å². The van der Waals surface area contributed by atoms with Crippen molar-refractivity contribution in [3.8, 4) is 0 Å². The molecule has 29 heavy (non-hydrogen) atoms. The van der Waals surface area contributed by atoms with Crippen LogP contribution in [0.1, 0.15) is 102 Å². The second kappa shape index (κ2) is 10.9. The Bertz CT molecular complexity index is 589. The van der Waals surface area contributed by atoms with E-state index >= 15 is 0 Å². The molecule has 1 aromatic rings. The second-order valence-corrected chi connectivity index (χ2v) is 9.49. The van der Waals surface area contributed by atoms with Gasteiger partial charge in [-0.25, -0.2) is 8.78 Å². The van der Waals surface area contributed by atoms with Gasteiger partial charge in [0.1, 0.15) is 0 Å². The van der Waals surface area contributed by atoms with E-state index in [-0.39, 0.29) is 18.3 Å². The fourth-order valence-corrected chi connectivity index (χ4v) is 5.67. The van der Waals surface area contributed by atoms with Crippen molar-refractivity contribution in [3.05, 3.63) is 35.4 Å². The Hall–Kier alpha value is -0.960. The molecule has 0 aliphatic heterocycles. The lowest BCUT2D eigenvalue weighted by Gasteiger charge is -2.41. The van der Waals surface area contributed by atoms with Gasteiger partial charge in [-0.3, -0.25) is 0 Å². The Kier molecular flexibility index (Phi) is 8.53. The first-order valence-electron chi connectivity index (χ1n) is 12.1. The molecule has 0 radical (unpaired) electrons. The predicted octanol–water partition coefficient (Wildman–Crippen LogP) is 8.13. The number of halogens is 2. The summed E-state index contributed by atoms with van der Waals surface area (Å²) in [5.74, 6) is -1.47. The normalized spacial score (nSPS) is 29.7. The molecular weight excluding hydrogens is 366 g/mol. The van der Waals surface area contributed by atoms with Crippen LogP contribution in [0.15, 0.2) is 24.3 Å². The Morgan fingerprint density at radius 1 is 0.897 bits per heavy atom. The Labute approximate surface area is 176 Å². The third-order valence-electron chi connectivity index (χ3n) is 7.54. The van der Waals surface area contributed by atoms with Gasteiger partial charge in [-0.15, -0.1) is 0 Å². The maximum Gasteiger partial charge on any atom is 0.251 e. The van der Waals surface area contributed by atoms with Gasteiger partial charge >= 0.3 is 0 Å². The minimum absolute atomic E-state index is 0.144. The monoisotopic (exact) mass is 406 g/mol. The van der Waals surface area contributed by atoms with E-state index in [1.165, 1.54) is 11.1 Å². The summed E-state index contributed by atoms with van der Waals surface area (Å²) < 4.78 is 35.0. The van der Waals surface area contributed by atoms with E-state index in [0.717, 1.165) is 70.8 Å². The van der Waals surface area contributed by atoms with Gasteiger partial charge in [-0.1, -0.05) is 50.5 Å². The van der Waals surface area contributed by atoms with Crippen LogP contribution in [0.2, 0.25) is 0 Å². The topological polar surface area (TPSA) is 9.23 Å². The first kappa shape index (κ1) is 22.7. The van der Waals surface area contributed by atoms with Crippen molar-refractivity contribution in [1.29, 1.82) is 0 Å². The van der Waals surface area contributed by atoms with Crippen LogP contribution < -0.4 is 0 Å². The van der Waals surface area contributed by atoms with E-state index in [2.05, 4.69) is 31.2 Å². The molecule has 2 aliphatic carbocycles. The van der Waals surface area contributed by atoms with Crippen molar-refractivity contribution in [2.24, 2.45) is 17.8 Å². The van der Waals surface area contributed by atoms with Crippen molar-refractivity contribution in [3.63, 3.8) is 0 Å². The SMILES string of the molecule is CCCCCC1CCC(C2CCC(c3ccc(COCC)cc3)CC2)CC1(F)F. The molecule has 0 amide bonds. The molecule has 2 fully saturated rings. The lowest BCUT2D eigenvalue weighted by molar-refractivity contribution is -0.115. The summed E-state index contributed by atoms with van der Waals surface area (Å²) in [7, 11) is 0. The number of hydrogen-bond acceptors (Lipinski definition) is 1. The van der Waals surface area contributed by atoms with Gasteiger partial charge in [0.25, 0.3) is 5.92 Å². The Morgan fingerprint density at radius 2 is 1.59 bits per heavy atom. The highest BCUT2D eigenvalue weighted by Crippen LogP contribution is 2.49. The van der Waals surface area contributed by atoms with Crippen LogP contribution in [-0.2, 0) is 11.3 Å². The van der Waals surface area contributed by atoms with Crippen LogP contribution in [0.25, 0.3) is 0 Å². The highest BCUT2D eigenvalue weighted by Gasteiger charge is 2.46. The Balaban J connectivity index is 1.47. The first-order valence-corrected chi connectivity index (χ1v) is 12.1. The fourth-order valence-electron chi connectivity index (χ4n) is 5.67. The Morgan fingerprint density at radius 3 is 2.21 bits per heavy atom. The average molecular weight is 407 g/mol.